The fourth-order valence-corrected chi connectivity index (χ4v) is 1.00. The number of aliphatic hydroxyl groups excluding tert-OH is 1. The van der Waals surface area contributed by atoms with Gasteiger partial charge in [-0.3, -0.25) is 4.98 Å². The molecule has 0 spiro atoms. The highest BCUT2D eigenvalue weighted by atomic mass is 19.4. The predicted molar refractivity (Wildman–Crippen MR) is 47.3 cm³/mol. The van der Waals surface area contributed by atoms with Crippen LogP contribution in [0.1, 0.15) is 5.69 Å². The summed E-state index contributed by atoms with van der Waals surface area (Å²) in [6.07, 6.45) is -1.78. The Morgan fingerprint density at radius 1 is 1.40 bits per heavy atom. The minimum atomic E-state index is -4.29. The molecular weight excluding hydrogens is 211 g/mol. The first-order valence-corrected chi connectivity index (χ1v) is 4.12. The molecule has 0 aliphatic heterocycles. The maximum atomic E-state index is 12.0. The lowest BCUT2D eigenvalue weighted by atomic mass is 10.4. The first-order valence-electron chi connectivity index (χ1n) is 4.12. The van der Waals surface area contributed by atoms with Gasteiger partial charge in [0.25, 0.3) is 0 Å². The van der Waals surface area contributed by atoms with E-state index in [1.807, 2.05) is 0 Å². The minimum absolute atomic E-state index is 0.0823. The number of halogens is 3. The second-order valence-corrected chi connectivity index (χ2v) is 3.00. The molecule has 1 heterocycles. The quantitative estimate of drug-likeness (QED) is 0.826. The minimum Gasteiger partial charge on any atom is -0.390 e. The Balaban J connectivity index is 2.77. The van der Waals surface area contributed by atoms with Crippen LogP contribution in [-0.2, 0) is 6.61 Å². The summed E-state index contributed by atoms with van der Waals surface area (Å²) in [5, 5.41) is 8.73. The van der Waals surface area contributed by atoms with Crippen molar-refractivity contribution in [2.75, 3.05) is 18.5 Å². The van der Waals surface area contributed by atoms with Crippen LogP contribution in [0.5, 0.6) is 0 Å². The zero-order valence-electron chi connectivity index (χ0n) is 7.99. The lowest BCUT2D eigenvalue weighted by Crippen LogP contribution is -2.31. The maximum Gasteiger partial charge on any atom is 0.405 e. The average molecular weight is 221 g/mol. The number of rotatable bonds is 3. The lowest BCUT2D eigenvalue weighted by molar-refractivity contribution is -0.119. The zero-order valence-corrected chi connectivity index (χ0v) is 7.99. The number of hydrogen-bond donors (Lipinski definition) is 1. The van der Waals surface area contributed by atoms with Crippen molar-refractivity contribution < 1.29 is 18.3 Å². The van der Waals surface area contributed by atoms with E-state index in [2.05, 4.69) is 9.97 Å². The molecule has 0 radical (unpaired) electrons. The topological polar surface area (TPSA) is 49.2 Å². The van der Waals surface area contributed by atoms with Gasteiger partial charge >= 0.3 is 6.18 Å². The molecule has 0 bridgehead atoms. The normalized spacial score (nSPS) is 11.5. The van der Waals surface area contributed by atoms with Crippen LogP contribution in [0, 0.1) is 0 Å². The molecule has 0 aromatic carbocycles. The van der Waals surface area contributed by atoms with Crippen LogP contribution in [0.25, 0.3) is 0 Å². The number of aromatic nitrogens is 2. The molecule has 0 aliphatic carbocycles. The van der Waals surface area contributed by atoms with E-state index in [0.717, 1.165) is 4.90 Å². The van der Waals surface area contributed by atoms with Crippen LogP contribution in [0.2, 0.25) is 0 Å². The molecule has 1 rings (SSSR count). The van der Waals surface area contributed by atoms with E-state index in [1.54, 1.807) is 0 Å². The highest BCUT2D eigenvalue weighted by Gasteiger charge is 2.29. The first kappa shape index (κ1) is 11.7. The monoisotopic (exact) mass is 221 g/mol. The molecule has 1 aromatic heterocycles. The summed E-state index contributed by atoms with van der Waals surface area (Å²) in [4.78, 5) is 8.39. The second kappa shape index (κ2) is 4.43. The van der Waals surface area contributed by atoms with Crippen LogP contribution in [-0.4, -0.2) is 34.8 Å². The van der Waals surface area contributed by atoms with E-state index < -0.39 is 12.7 Å². The molecule has 7 heteroatoms. The van der Waals surface area contributed by atoms with Crippen molar-refractivity contribution in [1.82, 2.24) is 9.97 Å². The van der Waals surface area contributed by atoms with Crippen molar-refractivity contribution in [3.63, 3.8) is 0 Å². The molecule has 0 amide bonds. The maximum absolute atomic E-state index is 12.0. The molecule has 1 aromatic rings. The van der Waals surface area contributed by atoms with E-state index in [1.165, 1.54) is 19.4 Å². The summed E-state index contributed by atoms with van der Waals surface area (Å²) in [5.41, 5.74) is 0.238. The van der Waals surface area contributed by atoms with Crippen LogP contribution < -0.4 is 4.90 Å². The Labute approximate surface area is 84.4 Å². The molecule has 0 aliphatic rings. The first-order chi connectivity index (χ1) is 6.92. The standard InChI is InChI=1S/C8H10F3N3O/c1-14(5-8(9,10)11)7-3-12-2-6(4-15)13-7/h2-3,15H,4-5H2,1H3. The number of alkyl halides is 3. The summed E-state index contributed by atoms with van der Waals surface area (Å²) in [6, 6.07) is 0. The molecule has 1 N–H and O–H groups in total. The molecule has 15 heavy (non-hydrogen) atoms. The van der Waals surface area contributed by atoms with E-state index >= 15 is 0 Å². The molecule has 4 nitrogen and oxygen atoms in total. The lowest BCUT2D eigenvalue weighted by Gasteiger charge is -2.19. The summed E-state index contributed by atoms with van der Waals surface area (Å²) in [7, 11) is 1.26. The van der Waals surface area contributed by atoms with Gasteiger partial charge in [-0.2, -0.15) is 13.2 Å². The van der Waals surface area contributed by atoms with E-state index in [9.17, 15) is 13.2 Å². The Hall–Kier alpha value is -1.37. The van der Waals surface area contributed by atoms with Crippen molar-refractivity contribution in [2.24, 2.45) is 0 Å². The van der Waals surface area contributed by atoms with Gasteiger partial charge in [0.05, 0.1) is 24.7 Å². The molecule has 0 saturated carbocycles. The Kier molecular flexibility index (Phi) is 3.46. The third-order valence-electron chi connectivity index (χ3n) is 1.64. The third-order valence-corrected chi connectivity index (χ3v) is 1.64. The van der Waals surface area contributed by atoms with Gasteiger partial charge in [-0.25, -0.2) is 4.98 Å². The average Bonchev–Trinajstić information content (AvgIpc) is 2.15. The molecule has 0 atom stereocenters. The van der Waals surface area contributed by atoms with Gasteiger partial charge in [0.15, 0.2) is 0 Å². The smallest absolute Gasteiger partial charge is 0.390 e. The van der Waals surface area contributed by atoms with Gasteiger partial charge in [-0.05, 0) is 0 Å². The summed E-state index contributed by atoms with van der Waals surface area (Å²) in [5.74, 6) is 0.0823. The van der Waals surface area contributed by atoms with Crippen LogP contribution in [0.4, 0.5) is 19.0 Å². The fraction of sp³-hybridized carbons (Fsp3) is 0.500. The molecule has 0 unspecified atom stereocenters. The van der Waals surface area contributed by atoms with Crippen LogP contribution in [0.3, 0.4) is 0 Å². The predicted octanol–water partition coefficient (Wildman–Crippen LogP) is 0.967. The summed E-state index contributed by atoms with van der Waals surface area (Å²) in [6.45, 7) is -1.45. The number of anilines is 1. The van der Waals surface area contributed by atoms with Gasteiger partial charge in [-0.15, -0.1) is 0 Å². The van der Waals surface area contributed by atoms with Crippen molar-refractivity contribution in [1.29, 1.82) is 0 Å². The molecule has 0 fully saturated rings. The molecule has 84 valence electrons. The van der Waals surface area contributed by atoms with Gasteiger partial charge in [0, 0.05) is 7.05 Å². The second-order valence-electron chi connectivity index (χ2n) is 3.00. The fourth-order valence-electron chi connectivity index (χ4n) is 1.00. The number of hydrogen-bond acceptors (Lipinski definition) is 4. The highest BCUT2D eigenvalue weighted by molar-refractivity contribution is 5.35. The van der Waals surface area contributed by atoms with Crippen molar-refractivity contribution in [3.8, 4) is 0 Å². The zero-order chi connectivity index (χ0) is 11.5. The number of nitrogens with zero attached hydrogens (tertiary/aromatic N) is 3. The summed E-state index contributed by atoms with van der Waals surface area (Å²) < 4.78 is 36.1. The van der Waals surface area contributed by atoms with Crippen LogP contribution in [0.15, 0.2) is 12.4 Å². The Morgan fingerprint density at radius 3 is 2.60 bits per heavy atom. The molecule has 0 saturated heterocycles. The van der Waals surface area contributed by atoms with Gasteiger partial charge < -0.3 is 10.0 Å². The molecular formula is C8H10F3N3O. The highest BCUT2D eigenvalue weighted by Crippen LogP contribution is 2.18. The largest absolute Gasteiger partial charge is 0.405 e. The van der Waals surface area contributed by atoms with Crippen molar-refractivity contribution >= 4 is 5.82 Å². The van der Waals surface area contributed by atoms with Gasteiger partial charge in [0.1, 0.15) is 12.4 Å². The number of aliphatic hydroxyl groups is 1. The van der Waals surface area contributed by atoms with E-state index in [0.29, 0.717) is 0 Å². The SMILES string of the molecule is CN(CC(F)(F)F)c1cncc(CO)n1. The summed E-state index contributed by atoms with van der Waals surface area (Å²) >= 11 is 0. The van der Waals surface area contributed by atoms with Gasteiger partial charge in [0.2, 0.25) is 0 Å². The Bertz CT molecular complexity index is 329. The Morgan fingerprint density at radius 2 is 2.07 bits per heavy atom. The van der Waals surface area contributed by atoms with Crippen molar-refractivity contribution in [3.05, 3.63) is 18.1 Å². The van der Waals surface area contributed by atoms with Crippen LogP contribution >= 0.6 is 0 Å². The van der Waals surface area contributed by atoms with E-state index in [-0.39, 0.29) is 18.1 Å². The van der Waals surface area contributed by atoms with Crippen molar-refractivity contribution in [2.45, 2.75) is 12.8 Å². The van der Waals surface area contributed by atoms with E-state index in [4.69, 9.17) is 5.11 Å². The third kappa shape index (κ3) is 3.70. The van der Waals surface area contributed by atoms with Gasteiger partial charge in [-0.1, -0.05) is 0 Å².